The summed E-state index contributed by atoms with van der Waals surface area (Å²) in [6, 6.07) is 8.23. The van der Waals surface area contributed by atoms with Crippen molar-refractivity contribution in [3.8, 4) is 11.4 Å². The molecule has 1 saturated heterocycles. The molecule has 0 spiro atoms. The van der Waals surface area contributed by atoms with Crippen molar-refractivity contribution in [2.75, 3.05) is 19.0 Å². The number of nitrogens with one attached hydrogen (secondary N) is 1. The monoisotopic (exact) mass is 500 g/mol. The molecule has 1 aliphatic rings. The number of aromatic nitrogens is 2. The van der Waals surface area contributed by atoms with Crippen molar-refractivity contribution in [1.82, 2.24) is 14.5 Å². The first kappa shape index (κ1) is 24.4. The van der Waals surface area contributed by atoms with E-state index in [0.29, 0.717) is 10.6 Å². The van der Waals surface area contributed by atoms with Gasteiger partial charge in [0.15, 0.2) is 0 Å². The minimum absolute atomic E-state index is 0.0599. The maximum absolute atomic E-state index is 13.7. The molecule has 0 bridgehead atoms. The fourth-order valence-corrected chi connectivity index (χ4v) is 4.00. The predicted molar refractivity (Wildman–Crippen MR) is 112 cm³/mol. The number of hydrogen-bond acceptors (Lipinski definition) is 4. The van der Waals surface area contributed by atoms with Crippen LogP contribution in [0.1, 0.15) is 18.7 Å². The standard InChI is InChI=1S/C22H18F6N4O3/c1-35-14-8-9-16-15(11-14)30-19(21(23,24)25)32(16)13-6-4-12(5-7-13)29-18(33)17-3-2-10-31(17)20(34)22(26,27)28/h4-9,11,17H,2-3,10H2,1H3,(H,29,33). The number of carbonyl (C=O) groups is 2. The number of fused-ring (bicyclic) bond motifs is 1. The second-order valence-electron chi connectivity index (χ2n) is 7.81. The summed E-state index contributed by atoms with van der Waals surface area (Å²) in [6.07, 6.45) is -9.57. The van der Waals surface area contributed by atoms with Gasteiger partial charge in [-0.2, -0.15) is 26.3 Å². The van der Waals surface area contributed by atoms with Gasteiger partial charge in [-0.3, -0.25) is 14.2 Å². The fourth-order valence-electron chi connectivity index (χ4n) is 4.00. The Labute approximate surface area is 194 Å². The minimum Gasteiger partial charge on any atom is -0.497 e. The zero-order valence-electron chi connectivity index (χ0n) is 18.1. The van der Waals surface area contributed by atoms with E-state index in [1.165, 1.54) is 49.6 Å². The molecule has 1 atom stereocenters. The second kappa shape index (κ2) is 8.78. The van der Waals surface area contributed by atoms with Crippen LogP contribution in [-0.4, -0.2) is 52.1 Å². The predicted octanol–water partition coefficient (Wildman–Crippen LogP) is 4.54. The van der Waals surface area contributed by atoms with Gasteiger partial charge in [0, 0.05) is 24.0 Å². The smallest absolute Gasteiger partial charge is 0.471 e. The van der Waals surface area contributed by atoms with Crippen molar-refractivity contribution in [1.29, 1.82) is 0 Å². The molecule has 0 aliphatic carbocycles. The van der Waals surface area contributed by atoms with E-state index in [2.05, 4.69) is 10.3 Å². The van der Waals surface area contributed by atoms with Gasteiger partial charge >= 0.3 is 18.3 Å². The first-order valence-corrected chi connectivity index (χ1v) is 10.3. The zero-order chi connectivity index (χ0) is 25.5. The summed E-state index contributed by atoms with van der Waals surface area (Å²) in [4.78, 5) is 28.3. The van der Waals surface area contributed by atoms with Gasteiger partial charge in [-0.05, 0) is 49.2 Å². The molecule has 1 aliphatic heterocycles. The van der Waals surface area contributed by atoms with Gasteiger partial charge in [-0.25, -0.2) is 4.98 Å². The van der Waals surface area contributed by atoms with E-state index in [4.69, 9.17) is 4.74 Å². The van der Waals surface area contributed by atoms with E-state index in [1.54, 1.807) is 0 Å². The number of halogens is 6. The maximum atomic E-state index is 13.7. The first-order chi connectivity index (χ1) is 16.4. The van der Waals surface area contributed by atoms with Gasteiger partial charge in [0.25, 0.3) is 0 Å². The summed E-state index contributed by atoms with van der Waals surface area (Å²) in [7, 11) is 1.37. The summed E-state index contributed by atoms with van der Waals surface area (Å²) in [5.41, 5.74) is 0.467. The number of imidazole rings is 1. The Morgan fingerprint density at radius 2 is 1.74 bits per heavy atom. The molecule has 1 N–H and O–H groups in total. The lowest BCUT2D eigenvalue weighted by Gasteiger charge is -2.24. The highest BCUT2D eigenvalue weighted by Crippen LogP contribution is 2.35. The molecule has 0 saturated carbocycles. The van der Waals surface area contributed by atoms with Crippen molar-refractivity contribution in [3.05, 3.63) is 48.3 Å². The van der Waals surface area contributed by atoms with Gasteiger partial charge in [-0.1, -0.05) is 0 Å². The molecule has 2 heterocycles. The Balaban J connectivity index is 1.60. The lowest BCUT2D eigenvalue weighted by Crippen LogP contribution is -2.48. The topological polar surface area (TPSA) is 76.5 Å². The Bertz CT molecular complexity index is 1270. The van der Waals surface area contributed by atoms with Crippen LogP contribution in [-0.2, 0) is 15.8 Å². The summed E-state index contributed by atoms with van der Waals surface area (Å²) in [6.45, 7) is -0.200. The maximum Gasteiger partial charge on any atom is 0.471 e. The third-order valence-corrected chi connectivity index (χ3v) is 5.57. The lowest BCUT2D eigenvalue weighted by atomic mass is 10.2. The zero-order valence-corrected chi connectivity index (χ0v) is 18.1. The van der Waals surface area contributed by atoms with Gasteiger partial charge in [-0.15, -0.1) is 0 Å². The molecule has 2 amide bonds. The number of benzene rings is 2. The number of rotatable bonds is 4. The molecule has 7 nitrogen and oxygen atoms in total. The summed E-state index contributed by atoms with van der Waals surface area (Å²) in [5, 5.41) is 2.43. The molecular formula is C22H18F6N4O3. The molecule has 1 unspecified atom stereocenters. The van der Waals surface area contributed by atoms with Crippen LogP contribution in [0, 0.1) is 0 Å². The average molecular weight is 500 g/mol. The molecule has 13 heteroatoms. The molecule has 4 rings (SSSR count). The average Bonchev–Trinajstić information content (AvgIpc) is 3.43. The highest BCUT2D eigenvalue weighted by atomic mass is 19.4. The number of methoxy groups -OCH3 is 1. The number of alkyl halides is 6. The van der Waals surface area contributed by atoms with Crippen molar-refractivity contribution < 1.29 is 40.7 Å². The highest BCUT2D eigenvalue weighted by molar-refractivity contribution is 5.98. The van der Waals surface area contributed by atoms with Crippen LogP contribution in [0.25, 0.3) is 16.7 Å². The third kappa shape index (κ3) is 4.75. The van der Waals surface area contributed by atoms with Crippen molar-refractivity contribution >= 4 is 28.5 Å². The van der Waals surface area contributed by atoms with E-state index in [9.17, 15) is 35.9 Å². The van der Waals surface area contributed by atoms with Crippen LogP contribution in [0.4, 0.5) is 32.0 Å². The quantitative estimate of drug-likeness (QED) is 0.534. The molecular weight excluding hydrogens is 482 g/mol. The molecule has 1 aromatic heterocycles. The second-order valence-corrected chi connectivity index (χ2v) is 7.81. The van der Waals surface area contributed by atoms with Crippen LogP contribution in [0.15, 0.2) is 42.5 Å². The molecule has 2 aromatic carbocycles. The van der Waals surface area contributed by atoms with Crippen LogP contribution >= 0.6 is 0 Å². The SMILES string of the molecule is COc1ccc2c(c1)nc(C(F)(F)F)n2-c1ccc(NC(=O)C2CCCN2C(=O)C(F)(F)F)cc1. The number of nitrogens with zero attached hydrogens (tertiary/aromatic N) is 3. The summed E-state index contributed by atoms with van der Waals surface area (Å²) >= 11 is 0. The van der Waals surface area contributed by atoms with E-state index in [0.717, 1.165) is 4.57 Å². The van der Waals surface area contributed by atoms with Gasteiger partial charge in [0.2, 0.25) is 11.7 Å². The highest BCUT2D eigenvalue weighted by Gasteiger charge is 2.47. The number of amides is 2. The van der Waals surface area contributed by atoms with Crippen molar-refractivity contribution in [2.24, 2.45) is 0 Å². The van der Waals surface area contributed by atoms with E-state index in [1.807, 2.05) is 0 Å². The Morgan fingerprint density at radius 3 is 2.34 bits per heavy atom. The number of hydrogen-bond donors (Lipinski definition) is 1. The van der Waals surface area contributed by atoms with Crippen LogP contribution in [0.5, 0.6) is 5.75 Å². The van der Waals surface area contributed by atoms with Crippen LogP contribution in [0.2, 0.25) is 0 Å². The molecule has 1 fully saturated rings. The van der Waals surface area contributed by atoms with Crippen molar-refractivity contribution in [3.63, 3.8) is 0 Å². The minimum atomic E-state index is -5.10. The van der Waals surface area contributed by atoms with E-state index < -0.39 is 36.0 Å². The van der Waals surface area contributed by atoms with Crippen LogP contribution < -0.4 is 10.1 Å². The number of anilines is 1. The van der Waals surface area contributed by atoms with Gasteiger partial charge in [0.1, 0.15) is 11.8 Å². The summed E-state index contributed by atoms with van der Waals surface area (Å²) in [5.74, 6) is -3.73. The van der Waals surface area contributed by atoms with E-state index >= 15 is 0 Å². The normalized spacial score (nSPS) is 16.5. The molecule has 35 heavy (non-hydrogen) atoms. The van der Waals surface area contributed by atoms with Crippen molar-refractivity contribution in [2.45, 2.75) is 31.2 Å². The number of ether oxygens (including phenoxy) is 1. The van der Waals surface area contributed by atoms with Crippen LogP contribution in [0.3, 0.4) is 0 Å². The summed E-state index contributed by atoms with van der Waals surface area (Å²) < 4.78 is 85.4. The fraction of sp³-hybridized carbons (Fsp3) is 0.318. The lowest BCUT2D eigenvalue weighted by molar-refractivity contribution is -0.186. The molecule has 3 aromatic rings. The van der Waals surface area contributed by atoms with Gasteiger partial charge in [0.05, 0.1) is 18.1 Å². The largest absolute Gasteiger partial charge is 0.497 e. The van der Waals surface area contributed by atoms with E-state index in [-0.39, 0.29) is 41.8 Å². The number of likely N-dealkylation sites (tertiary alicyclic amines) is 1. The Kier molecular flexibility index (Phi) is 6.11. The third-order valence-electron chi connectivity index (χ3n) is 5.57. The molecule has 0 radical (unpaired) electrons. The number of carbonyl (C=O) groups excluding carboxylic acids is 2. The Hall–Kier alpha value is -3.77. The van der Waals surface area contributed by atoms with Gasteiger partial charge < -0.3 is 15.0 Å². The first-order valence-electron chi connectivity index (χ1n) is 10.3. The Morgan fingerprint density at radius 1 is 1.06 bits per heavy atom. The molecule has 186 valence electrons.